The Morgan fingerprint density at radius 2 is 1.91 bits per heavy atom. The molecule has 2 heterocycles. The number of rotatable bonds is 5. The Kier molecular flexibility index (Phi) is 4.39. The van der Waals surface area contributed by atoms with Crippen molar-refractivity contribution in [3.8, 4) is 11.3 Å². The molecule has 6 heteroatoms. The van der Waals surface area contributed by atoms with Crippen LogP contribution in [0.4, 0.5) is 10.2 Å². The number of aromatic nitrogens is 3. The molecule has 0 N–H and O–H groups in total. The topological polar surface area (TPSA) is 41.9 Å². The van der Waals surface area contributed by atoms with Crippen molar-refractivity contribution in [1.82, 2.24) is 15.2 Å². The molecule has 0 saturated heterocycles. The summed E-state index contributed by atoms with van der Waals surface area (Å²) in [6.45, 7) is 0.831. The molecule has 3 rings (SSSR count). The van der Waals surface area contributed by atoms with Crippen LogP contribution in [0.1, 0.15) is 5.01 Å². The lowest BCUT2D eigenvalue weighted by molar-refractivity contribution is 0.628. The van der Waals surface area contributed by atoms with Gasteiger partial charge in [0.05, 0.1) is 10.7 Å². The summed E-state index contributed by atoms with van der Waals surface area (Å²) >= 11 is 1.66. The Morgan fingerprint density at radius 1 is 1.09 bits per heavy atom. The van der Waals surface area contributed by atoms with Gasteiger partial charge in [0.2, 0.25) is 0 Å². The van der Waals surface area contributed by atoms with E-state index < -0.39 is 0 Å². The molecule has 0 fully saturated rings. The first-order valence-electron chi connectivity index (χ1n) is 6.91. The standard InChI is InChI=1S/C16H15FN4S/c1-21(10-8-16-18-9-11-22-16)15-7-6-14(19-20-15)12-2-4-13(17)5-3-12/h2-7,9,11H,8,10H2,1H3. The first-order valence-corrected chi connectivity index (χ1v) is 7.79. The molecule has 0 atom stereocenters. The van der Waals surface area contributed by atoms with Crippen molar-refractivity contribution in [2.75, 3.05) is 18.5 Å². The fourth-order valence-electron chi connectivity index (χ4n) is 2.06. The zero-order chi connectivity index (χ0) is 15.4. The minimum absolute atomic E-state index is 0.254. The number of benzene rings is 1. The number of thiazole rings is 1. The molecule has 112 valence electrons. The maximum Gasteiger partial charge on any atom is 0.151 e. The Morgan fingerprint density at radius 3 is 2.55 bits per heavy atom. The molecule has 3 aromatic rings. The second kappa shape index (κ2) is 6.62. The molecule has 0 aliphatic heterocycles. The third kappa shape index (κ3) is 3.46. The van der Waals surface area contributed by atoms with Gasteiger partial charge in [-0.15, -0.1) is 21.5 Å². The van der Waals surface area contributed by atoms with Gasteiger partial charge >= 0.3 is 0 Å². The second-order valence-electron chi connectivity index (χ2n) is 4.88. The Bertz CT molecular complexity index is 711. The van der Waals surface area contributed by atoms with E-state index in [1.807, 2.05) is 35.7 Å². The summed E-state index contributed by atoms with van der Waals surface area (Å²) in [5.74, 6) is 0.553. The lowest BCUT2D eigenvalue weighted by atomic mass is 10.1. The van der Waals surface area contributed by atoms with Gasteiger partial charge < -0.3 is 4.90 Å². The van der Waals surface area contributed by atoms with Gasteiger partial charge in [0.15, 0.2) is 5.82 Å². The number of nitrogens with zero attached hydrogens (tertiary/aromatic N) is 4. The highest BCUT2D eigenvalue weighted by molar-refractivity contribution is 7.09. The number of hydrogen-bond donors (Lipinski definition) is 0. The van der Waals surface area contributed by atoms with E-state index in [2.05, 4.69) is 15.2 Å². The molecule has 4 nitrogen and oxygen atoms in total. The molecule has 0 unspecified atom stereocenters. The Labute approximate surface area is 132 Å². The summed E-state index contributed by atoms with van der Waals surface area (Å²) in [5, 5.41) is 11.6. The first kappa shape index (κ1) is 14.6. The fourth-order valence-corrected chi connectivity index (χ4v) is 2.67. The molecule has 22 heavy (non-hydrogen) atoms. The van der Waals surface area contributed by atoms with E-state index in [-0.39, 0.29) is 5.82 Å². The van der Waals surface area contributed by atoms with E-state index in [0.29, 0.717) is 0 Å². The predicted molar refractivity (Wildman–Crippen MR) is 86.5 cm³/mol. The minimum Gasteiger partial charge on any atom is -0.358 e. The van der Waals surface area contributed by atoms with Crippen LogP contribution in [0.2, 0.25) is 0 Å². The molecule has 0 aliphatic rings. The predicted octanol–water partition coefficient (Wildman–Crippen LogP) is 3.42. The third-order valence-electron chi connectivity index (χ3n) is 3.33. The maximum atomic E-state index is 12.9. The Balaban J connectivity index is 1.66. The van der Waals surface area contributed by atoms with E-state index in [4.69, 9.17) is 0 Å². The molecule has 0 spiro atoms. The zero-order valence-corrected chi connectivity index (χ0v) is 12.9. The van der Waals surface area contributed by atoms with Gasteiger partial charge in [0, 0.05) is 37.2 Å². The lowest BCUT2D eigenvalue weighted by Crippen LogP contribution is -2.21. The Hall–Kier alpha value is -2.34. The van der Waals surface area contributed by atoms with Crippen molar-refractivity contribution in [3.63, 3.8) is 0 Å². The van der Waals surface area contributed by atoms with Gasteiger partial charge in [-0.1, -0.05) is 0 Å². The highest BCUT2D eigenvalue weighted by atomic mass is 32.1. The average Bonchev–Trinajstić information content (AvgIpc) is 3.07. The monoisotopic (exact) mass is 314 g/mol. The molecular formula is C16H15FN4S. The molecule has 1 aromatic carbocycles. The number of anilines is 1. The molecule has 0 aliphatic carbocycles. The van der Waals surface area contributed by atoms with Crippen LogP contribution in [0.25, 0.3) is 11.3 Å². The first-order chi connectivity index (χ1) is 10.7. The zero-order valence-electron chi connectivity index (χ0n) is 12.1. The van der Waals surface area contributed by atoms with Crippen molar-refractivity contribution >= 4 is 17.2 Å². The quantitative estimate of drug-likeness (QED) is 0.723. The molecule has 0 saturated carbocycles. The third-order valence-corrected chi connectivity index (χ3v) is 4.17. The van der Waals surface area contributed by atoms with Gasteiger partial charge in [-0.05, 0) is 36.4 Å². The van der Waals surface area contributed by atoms with Gasteiger partial charge in [-0.2, -0.15) is 0 Å². The summed E-state index contributed by atoms with van der Waals surface area (Å²) in [5.41, 5.74) is 1.59. The van der Waals surface area contributed by atoms with Crippen molar-refractivity contribution < 1.29 is 4.39 Å². The lowest BCUT2D eigenvalue weighted by Gasteiger charge is -2.16. The molecule has 0 bridgehead atoms. The van der Waals surface area contributed by atoms with E-state index in [1.165, 1.54) is 12.1 Å². The number of likely N-dealkylation sites (N-methyl/N-ethyl adjacent to an activating group) is 1. The van der Waals surface area contributed by atoms with Crippen molar-refractivity contribution in [2.45, 2.75) is 6.42 Å². The highest BCUT2D eigenvalue weighted by Gasteiger charge is 2.06. The van der Waals surface area contributed by atoms with E-state index in [0.717, 1.165) is 35.0 Å². The molecular weight excluding hydrogens is 299 g/mol. The van der Waals surface area contributed by atoms with E-state index in [9.17, 15) is 4.39 Å². The normalized spacial score (nSPS) is 10.6. The van der Waals surface area contributed by atoms with Gasteiger partial charge in [0.25, 0.3) is 0 Å². The SMILES string of the molecule is CN(CCc1nccs1)c1ccc(-c2ccc(F)cc2)nn1. The summed E-state index contributed by atoms with van der Waals surface area (Å²) in [6.07, 6.45) is 2.70. The minimum atomic E-state index is -0.254. The summed E-state index contributed by atoms with van der Waals surface area (Å²) in [4.78, 5) is 6.31. The van der Waals surface area contributed by atoms with Crippen LogP contribution >= 0.6 is 11.3 Å². The fraction of sp³-hybridized carbons (Fsp3) is 0.188. The van der Waals surface area contributed by atoms with Gasteiger partial charge in [-0.3, -0.25) is 0 Å². The number of halogens is 1. The molecule has 0 amide bonds. The van der Waals surface area contributed by atoms with E-state index in [1.54, 1.807) is 23.5 Å². The summed E-state index contributed by atoms with van der Waals surface area (Å²) in [7, 11) is 1.98. The van der Waals surface area contributed by atoms with Gasteiger partial charge in [0.1, 0.15) is 5.82 Å². The summed E-state index contributed by atoms with van der Waals surface area (Å²) in [6, 6.07) is 10.1. The smallest absolute Gasteiger partial charge is 0.151 e. The van der Waals surface area contributed by atoms with E-state index >= 15 is 0 Å². The maximum absolute atomic E-state index is 12.9. The molecule has 2 aromatic heterocycles. The average molecular weight is 314 g/mol. The van der Waals surface area contributed by atoms with Crippen LogP contribution in [0, 0.1) is 5.82 Å². The van der Waals surface area contributed by atoms with Crippen LogP contribution < -0.4 is 4.90 Å². The van der Waals surface area contributed by atoms with Crippen LogP contribution in [-0.2, 0) is 6.42 Å². The van der Waals surface area contributed by atoms with Crippen LogP contribution in [0.15, 0.2) is 48.0 Å². The van der Waals surface area contributed by atoms with Crippen LogP contribution in [0.5, 0.6) is 0 Å². The van der Waals surface area contributed by atoms with Gasteiger partial charge in [-0.25, -0.2) is 9.37 Å². The summed E-state index contributed by atoms with van der Waals surface area (Å²) < 4.78 is 12.9. The largest absolute Gasteiger partial charge is 0.358 e. The molecule has 0 radical (unpaired) electrons. The van der Waals surface area contributed by atoms with Crippen molar-refractivity contribution in [1.29, 1.82) is 0 Å². The van der Waals surface area contributed by atoms with Crippen LogP contribution in [-0.4, -0.2) is 28.8 Å². The highest BCUT2D eigenvalue weighted by Crippen LogP contribution is 2.18. The second-order valence-corrected chi connectivity index (χ2v) is 5.86. The van der Waals surface area contributed by atoms with Crippen molar-refractivity contribution in [2.24, 2.45) is 0 Å². The van der Waals surface area contributed by atoms with Crippen LogP contribution in [0.3, 0.4) is 0 Å². The van der Waals surface area contributed by atoms with Crippen molar-refractivity contribution in [3.05, 3.63) is 58.8 Å². The number of hydrogen-bond acceptors (Lipinski definition) is 5.